The molecule has 0 atom stereocenters. The predicted octanol–water partition coefficient (Wildman–Crippen LogP) is 5.07. The van der Waals surface area contributed by atoms with Crippen LogP contribution in [0.3, 0.4) is 0 Å². The third-order valence-corrected chi connectivity index (χ3v) is 5.20. The van der Waals surface area contributed by atoms with Gasteiger partial charge in [0.2, 0.25) is 0 Å². The lowest BCUT2D eigenvalue weighted by molar-refractivity contribution is -0.121. The monoisotopic (exact) mass is 415 g/mol. The summed E-state index contributed by atoms with van der Waals surface area (Å²) in [6.07, 6.45) is 3.70. The van der Waals surface area contributed by atoms with E-state index in [1.54, 1.807) is 31.4 Å². The number of nitrogens with one attached hydrogen (secondary N) is 1. The molecule has 0 amide bonds. The van der Waals surface area contributed by atoms with E-state index in [0.717, 1.165) is 0 Å². The van der Waals surface area contributed by atoms with Gasteiger partial charge in [-0.15, -0.1) is 0 Å². The van der Waals surface area contributed by atoms with E-state index in [2.05, 4.69) is 15.3 Å². The molecule has 150 valence electrons. The summed E-state index contributed by atoms with van der Waals surface area (Å²) >= 11 is 5.87. The molecule has 1 saturated carbocycles. The highest BCUT2D eigenvalue weighted by atomic mass is 35.5. The number of hydrogen-bond donors (Lipinski definition) is 1. The van der Waals surface area contributed by atoms with Crippen molar-refractivity contribution in [3.8, 4) is 11.5 Å². The second kappa shape index (κ2) is 8.21. The smallest absolute Gasteiger partial charge is 0.165 e. The van der Waals surface area contributed by atoms with Crippen LogP contribution in [-0.4, -0.2) is 29.0 Å². The molecule has 1 aliphatic carbocycles. The number of rotatable bonds is 5. The van der Waals surface area contributed by atoms with Crippen LogP contribution >= 0.6 is 11.6 Å². The Bertz CT molecular complexity index is 1070. The summed E-state index contributed by atoms with van der Waals surface area (Å²) in [5.74, 6) is 1.19. The van der Waals surface area contributed by atoms with E-state index in [-0.39, 0.29) is 22.6 Å². The van der Waals surface area contributed by atoms with Gasteiger partial charge in [-0.3, -0.25) is 4.79 Å². The Balaban J connectivity index is 1.70. The van der Waals surface area contributed by atoms with E-state index in [9.17, 15) is 9.18 Å². The molecular formula is C21H19ClFN3O3. The number of aromatic nitrogens is 2. The van der Waals surface area contributed by atoms with Gasteiger partial charge in [0, 0.05) is 24.3 Å². The summed E-state index contributed by atoms with van der Waals surface area (Å²) in [4.78, 5) is 20.0. The van der Waals surface area contributed by atoms with Crippen LogP contribution in [0.5, 0.6) is 11.5 Å². The Kier molecular flexibility index (Phi) is 5.49. The molecule has 1 heterocycles. The fourth-order valence-corrected chi connectivity index (χ4v) is 3.53. The summed E-state index contributed by atoms with van der Waals surface area (Å²) in [6.45, 7) is 0. The van der Waals surface area contributed by atoms with Gasteiger partial charge in [0.05, 0.1) is 29.4 Å². The minimum atomic E-state index is -0.558. The van der Waals surface area contributed by atoms with Crippen LogP contribution in [0.2, 0.25) is 5.02 Å². The van der Waals surface area contributed by atoms with E-state index < -0.39 is 5.82 Å². The van der Waals surface area contributed by atoms with Gasteiger partial charge in [-0.05, 0) is 31.0 Å². The normalized spacial score (nSPS) is 14.8. The number of carbonyl (C=O) groups is 1. The molecule has 2 aromatic carbocycles. The molecule has 0 aliphatic heterocycles. The third-order valence-electron chi connectivity index (χ3n) is 4.91. The van der Waals surface area contributed by atoms with Gasteiger partial charge >= 0.3 is 0 Å². The highest BCUT2D eigenvalue weighted by molar-refractivity contribution is 6.31. The van der Waals surface area contributed by atoms with Crippen LogP contribution in [0.4, 0.5) is 15.9 Å². The summed E-state index contributed by atoms with van der Waals surface area (Å²) < 4.78 is 25.9. The fraction of sp³-hybridized carbons (Fsp3) is 0.286. The molecule has 1 aromatic heterocycles. The molecule has 1 fully saturated rings. The molecule has 6 nitrogen and oxygen atoms in total. The summed E-state index contributed by atoms with van der Waals surface area (Å²) in [7, 11) is 1.56. The SMILES string of the molecule is COc1cc2ncnc(Nc3cccc(Cl)c3F)c2cc1OC1CCC(=O)CC1. The highest BCUT2D eigenvalue weighted by Crippen LogP contribution is 2.37. The lowest BCUT2D eigenvalue weighted by atomic mass is 9.96. The number of anilines is 2. The first kappa shape index (κ1) is 19.4. The van der Waals surface area contributed by atoms with Gasteiger partial charge in [-0.1, -0.05) is 17.7 Å². The molecule has 8 heteroatoms. The van der Waals surface area contributed by atoms with Gasteiger partial charge in [0.15, 0.2) is 17.3 Å². The van der Waals surface area contributed by atoms with Gasteiger partial charge in [0.1, 0.15) is 17.9 Å². The van der Waals surface area contributed by atoms with Gasteiger partial charge < -0.3 is 14.8 Å². The number of Topliss-reactive ketones (excluding diaryl/α,β-unsaturated/α-hetero) is 1. The number of ether oxygens (including phenoxy) is 2. The molecule has 4 rings (SSSR count). The molecular weight excluding hydrogens is 397 g/mol. The van der Waals surface area contributed by atoms with E-state index in [4.69, 9.17) is 21.1 Å². The standard InChI is InChI=1S/C21H19ClFN3O3/c1-28-18-10-17-14(9-19(18)29-13-7-5-12(27)6-8-13)21(25-11-24-17)26-16-4-2-3-15(22)20(16)23/h2-4,9-11,13H,5-8H2,1H3,(H,24,25,26). The van der Waals surface area contributed by atoms with Crippen LogP contribution < -0.4 is 14.8 Å². The van der Waals surface area contributed by atoms with Crippen LogP contribution in [0.25, 0.3) is 10.9 Å². The Morgan fingerprint density at radius 1 is 1.17 bits per heavy atom. The molecule has 0 spiro atoms. The maximum Gasteiger partial charge on any atom is 0.165 e. The Morgan fingerprint density at radius 3 is 2.72 bits per heavy atom. The minimum absolute atomic E-state index is 0.0194. The summed E-state index contributed by atoms with van der Waals surface area (Å²) in [6, 6.07) is 8.23. The molecule has 1 aliphatic rings. The first-order chi connectivity index (χ1) is 14.0. The van der Waals surface area contributed by atoms with Crippen molar-refractivity contribution in [2.75, 3.05) is 12.4 Å². The zero-order valence-corrected chi connectivity index (χ0v) is 16.5. The quantitative estimate of drug-likeness (QED) is 0.627. The number of fused-ring (bicyclic) bond motifs is 1. The van der Waals surface area contributed by atoms with Gasteiger partial charge in [-0.25, -0.2) is 14.4 Å². The second-order valence-electron chi connectivity index (χ2n) is 6.82. The van der Waals surface area contributed by atoms with Crippen LogP contribution in [-0.2, 0) is 4.79 Å². The lowest BCUT2D eigenvalue weighted by Gasteiger charge is -2.23. The third kappa shape index (κ3) is 4.10. The van der Waals surface area contributed by atoms with Crippen molar-refractivity contribution in [1.82, 2.24) is 9.97 Å². The van der Waals surface area contributed by atoms with Crippen LogP contribution in [0.1, 0.15) is 25.7 Å². The molecule has 1 N–H and O–H groups in total. The largest absolute Gasteiger partial charge is 0.493 e. The van der Waals surface area contributed by atoms with E-state index in [0.29, 0.717) is 53.9 Å². The highest BCUT2D eigenvalue weighted by Gasteiger charge is 2.22. The number of carbonyl (C=O) groups excluding carboxylic acids is 1. The number of benzene rings is 2. The Hall–Kier alpha value is -2.93. The van der Waals surface area contributed by atoms with Gasteiger partial charge in [0.25, 0.3) is 0 Å². The van der Waals surface area contributed by atoms with Crippen LogP contribution in [0.15, 0.2) is 36.7 Å². The van der Waals surface area contributed by atoms with E-state index >= 15 is 0 Å². The maximum absolute atomic E-state index is 14.3. The maximum atomic E-state index is 14.3. The molecule has 0 radical (unpaired) electrons. The number of nitrogens with zero attached hydrogens (tertiary/aromatic N) is 2. The van der Waals surface area contributed by atoms with Crippen molar-refractivity contribution in [3.05, 3.63) is 47.5 Å². The number of ketones is 1. The molecule has 3 aromatic rings. The predicted molar refractivity (Wildman–Crippen MR) is 109 cm³/mol. The number of halogens is 2. The lowest BCUT2D eigenvalue weighted by Crippen LogP contribution is -2.24. The number of methoxy groups -OCH3 is 1. The topological polar surface area (TPSA) is 73.3 Å². The zero-order valence-electron chi connectivity index (χ0n) is 15.7. The van der Waals surface area contributed by atoms with Crippen molar-refractivity contribution >= 4 is 39.8 Å². The minimum Gasteiger partial charge on any atom is -0.493 e. The zero-order chi connectivity index (χ0) is 20.4. The molecule has 0 saturated heterocycles. The second-order valence-corrected chi connectivity index (χ2v) is 7.23. The molecule has 29 heavy (non-hydrogen) atoms. The molecule has 0 unspecified atom stereocenters. The van der Waals surface area contributed by atoms with Crippen molar-refractivity contribution in [2.45, 2.75) is 31.8 Å². The van der Waals surface area contributed by atoms with Crippen molar-refractivity contribution in [3.63, 3.8) is 0 Å². The summed E-state index contributed by atoms with van der Waals surface area (Å²) in [5.41, 5.74) is 0.828. The summed E-state index contributed by atoms with van der Waals surface area (Å²) in [5, 5.41) is 3.65. The first-order valence-corrected chi connectivity index (χ1v) is 9.65. The average molecular weight is 416 g/mol. The average Bonchev–Trinajstić information content (AvgIpc) is 2.73. The van der Waals surface area contributed by atoms with E-state index in [1.807, 2.05) is 0 Å². The van der Waals surface area contributed by atoms with Crippen molar-refractivity contribution in [2.24, 2.45) is 0 Å². The van der Waals surface area contributed by atoms with Crippen molar-refractivity contribution < 1.29 is 18.7 Å². The fourth-order valence-electron chi connectivity index (χ4n) is 3.35. The first-order valence-electron chi connectivity index (χ1n) is 9.27. The number of hydrogen-bond acceptors (Lipinski definition) is 6. The Labute approximate surface area is 172 Å². The van der Waals surface area contributed by atoms with Crippen molar-refractivity contribution in [1.29, 1.82) is 0 Å². The van der Waals surface area contributed by atoms with E-state index in [1.165, 1.54) is 12.4 Å². The van der Waals surface area contributed by atoms with Crippen LogP contribution in [0, 0.1) is 5.82 Å². The van der Waals surface area contributed by atoms with Gasteiger partial charge in [-0.2, -0.15) is 0 Å². The molecule has 0 bridgehead atoms. The Morgan fingerprint density at radius 2 is 1.97 bits per heavy atom.